The molecule has 174 valence electrons. The van der Waals surface area contributed by atoms with E-state index in [4.69, 9.17) is 21.1 Å². The minimum absolute atomic E-state index is 0.0248. The Morgan fingerprint density at radius 3 is 2.38 bits per heavy atom. The number of halogens is 3. The van der Waals surface area contributed by atoms with E-state index in [2.05, 4.69) is 5.32 Å². The number of alkyl carbamates (subject to hydrolysis) is 1. The average Bonchev–Trinajstić information content (AvgIpc) is 2.69. The maximum atomic E-state index is 15.4. The molecule has 0 radical (unpaired) electrons. The highest BCUT2D eigenvalue weighted by Gasteiger charge is 2.25. The van der Waals surface area contributed by atoms with Crippen molar-refractivity contribution in [2.24, 2.45) is 0 Å². The highest BCUT2D eigenvalue weighted by molar-refractivity contribution is 6.32. The lowest BCUT2D eigenvalue weighted by atomic mass is 10.0. The predicted molar refractivity (Wildman–Crippen MR) is 118 cm³/mol. The Morgan fingerprint density at radius 2 is 1.81 bits per heavy atom. The van der Waals surface area contributed by atoms with Gasteiger partial charge in [-0.15, -0.1) is 0 Å². The molecule has 2 aromatic carbocycles. The summed E-state index contributed by atoms with van der Waals surface area (Å²) in [6.45, 7) is 6.94. The van der Waals surface area contributed by atoms with Crippen LogP contribution >= 0.6 is 11.6 Å². The van der Waals surface area contributed by atoms with Crippen molar-refractivity contribution in [3.63, 3.8) is 0 Å². The molecule has 0 fully saturated rings. The van der Waals surface area contributed by atoms with E-state index >= 15 is 4.39 Å². The van der Waals surface area contributed by atoms with E-state index in [-0.39, 0.29) is 27.6 Å². The van der Waals surface area contributed by atoms with Crippen LogP contribution in [-0.2, 0) is 4.74 Å². The lowest BCUT2D eigenvalue weighted by molar-refractivity contribution is 0.0501. The number of benzene rings is 2. The van der Waals surface area contributed by atoms with Crippen LogP contribution in [0.25, 0.3) is 0 Å². The minimum atomic E-state index is -0.787. The molecule has 0 spiro atoms. The number of ether oxygens (including phenoxy) is 2. The SMILES string of the molecule is CC[C@@H](NC(=O)OC(C)(C)C)c1ccc(Cl)c(Oc2ccc(F)c(C(=O)N(C)C)c2)c1F. The number of amides is 2. The molecule has 2 rings (SSSR count). The Morgan fingerprint density at radius 1 is 1.16 bits per heavy atom. The quantitative estimate of drug-likeness (QED) is 0.557. The summed E-state index contributed by atoms with van der Waals surface area (Å²) in [5.74, 6) is -2.36. The van der Waals surface area contributed by atoms with E-state index in [1.54, 1.807) is 27.7 Å². The Bertz CT molecular complexity index is 1010. The normalized spacial score (nSPS) is 12.2. The van der Waals surface area contributed by atoms with Crippen LogP contribution in [0.4, 0.5) is 13.6 Å². The van der Waals surface area contributed by atoms with Crippen LogP contribution in [-0.4, -0.2) is 36.6 Å². The molecule has 32 heavy (non-hydrogen) atoms. The lowest BCUT2D eigenvalue weighted by Gasteiger charge is -2.24. The number of carbonyl (C=O) groups excluding carboxylic acids is 2. The summed E-state index contributed by atoms with van der Waals surface area (Å²) in [5, 5.41) is 2.61. The average molecular weight is 469 g/mol. The zero-order valence-corrected chi connectivity index (χ0v) is 19.6. The molecule has 0 saturated heterocycles. The molecule has 0 bridgehead atoms. The van der Waals surface area contributed by atoms with Crippen LogP contribution in [0.5, 0.6) is 11.5 Å². The molecular weight excluding hydrogens is 442 g/mol. The second kappa shape index (κ2) is 10.2. The third kappa shape index (κ3) is 6.32. The van der Waals surface area contributed by atoms with Crippen molar-refractivity contribution in [2.45, 2.75) is 45.8 Å². The van der Waals surface area contributed by atoms with Crippen molar-refractivity contribution in [1.82, 2.24) is 10.2 Å². The summed E-state index contributed by atoms with van der Waals surface area (Å²) in [5.41, 5.74) is -0.790. The molecule has 0 unspecified atom stereocenters. The zero-order chi connectivity index (χ0) is 24.2. The second-order valence-electron chi connectivity index (χ2n) is 8.33. The van der Waals surface area contributed by atoms with Gasteiger partial charge in [0, 0.05) is 19.7 Å². The van der Waals surface area contributed by atoms with Crippen LogP contribution in [0.1, 0.15) is 56.1 Å². The van der Waals surface area contributed by atoms with Crippen LogP contribution < -0.4 is 10.1 Å². The first kappa shape index (κ1) is 25.4. The van der Waals surface area contributed by atoms with Gasteiger partial charge in [0.15, 0.2) is 11.6 Å². The van der Waals surface area contributed by atoms with E-state index in [9.17, 15) is 14.0 Å². The first-order valence-corrected chi connectivity index (χ1v) is 10.4. The molecule has 1 atom stereocenters. The zero-order valence-electron chi connectivity index (χ0n) is 18.9. The summed E-state index contributed by atoms with van der Waals surface area (Å²) in [6, 6.07) is 5.67. The minimum Gasteiger partial charge on any atom is -0.453 e. The standard InChI is InChI=1S/C23H27ClF2N2O4/c1-7-18(27-22(30)32-23(2,3)4)14-9-10-16(24)20(19(14)26)31-13-8-11-17(25)15(12-13)21(29)28(5)6/h8-12,18H,7H2,1-6H3,(H,27,30)/t18-/m1/s1. The van der Waals surface area contributed by atoms with E-state index in [1.165, 1.54) is 43.3 Å². The number of carbonyl (C=O) groups is 2. The molecule has 0 aliphatic heterocycles. The van der Waals surface area contributed by atoms with Gasteiger partial charge in [-0.25, -0.2) is 13.6 Å². The van der Waals surface area contributed by atoms with Crippen molar-refractivity contribution in [3.8, 4) is 11.5 Å². The third-order valence-corrected chi connectivity index (χ3v) is 4.65. The number of nitrogens with one attached hydrogen (secondary N) is 1. The van der Waals surface area contributed by atoms with Crippen LogP contribution in [0.3, 0.4) is 0 Å². The molecule has 9 heteroatoms. The van der Waals surface area contributed by atoms with Gasteiger partial charge in [-0.1, -0.05) is 24.6 Å². The maximum Gasteiger partial charge on any atom is 0.408 e. The number of hydrogen-bond acceptors (Lipinski definition) is 4. The topological polar surface area (TPSA) is 67.9 Å². The Labute approximate surface area is 191 Å². The fourth-order valence-electron chi connectivity index (χ4n) is 2.85. The van der Waals surface area contributed by atoms with Gasteiger partial charge < -0.3 is 19.7 Å². The summed E-state index contributed by atoms with van der Waals surface area (Å²) in [6.07, 6.45) is -0.318. The fraction of sp³-hybridized carbons (Fsp3) is 0.391. The molecule has 2 amide bonds. The molecule has 0 aliphatic carbocycles. The van der Waals surface area contributed by atoms with E-state index in [1.807, 2.05) is 0 Å². The molecule has 0 saturated carbocycles. The first-order valence-electron chi connectivity index (χ1n) is 10.0. The number of rotatable bonds is 6. The van der Waals surface area contributed by atoms with Crippen molar-refractivity contribution >= 4 is 23.6 Å². The lowest BCUT2D eigenvalue weighted by Crippen LogP contribution is -2.35. The van der Waals surface area contributed by atoms with Gasteiger partial charge in [0.2, 0.25) is 0 Å². The van der Waals surface area contributed by atoms with Gasteiger partial charge >= 0.3 is 6.09 Å². The number of hydrogen-bond donors (Lipinski definition) is 1. The fourth-order valence-corrected chi connectivity index (χ4v) is 3.03. The maximum absolute atomic E-state index is 15.4. The van der Waals surface area contributed by atoms with Crippen molar-refractivity contribution in [2.75, 3.05) is 14.1 Å². The summed E-state index contributed by atoms with van der Waals surface area (Å²) < 4.78 is 40.3. The Balaban J connectivity index is 2.37. The molecule has 6 nitrogen and oxygen atoms in total. The van der Waals surface area contributed by atoms with Gasteiger partial charge in [0.05, 0.1) is 16.6 Å². The molecule has 0 heterocycles. The molecular formula is C23H27ClF2N2O4. The third-order valence-electron chi connectivity index (χ3n) is 4.35. The Kier molecular flexibility index (Phi) is 8.07. The van der Waals surface area contributed by atoms with Crippen molar-refractivity contribution < 1.29 is 27.8 Å². The highest BCUT2D eigenvalue weighted by Crippen LogP contribution is 2.37. The molecule has 0 aliphatic rings. The second-order valence-corrected chi connectivity index (χ2v) is 8.74. The van der Waals surface area contributed by atoms with Crippen LogP contribution in [0.2, 0.25) is 5.02 Å². The van der Waals surface area contributed by atoms with Gasteiger partial charge in [-0.05, 0) is 51.5 Å². The largest absolute Gasteiger partial charge is 0.453 e. The highest BCUT2D eigenvalue weighted by atomic mass is 35.5. The van der Waals surface area contributed by atoms with Gasteiger partial charge in [-0.2, -0.15) is 0 Å². The Hall–Kier alpha value is -2.87. The van der Waals surface area contributed by atoms with Crippen molar-refractivity contribution in [3.05, 3.63) is 58.1 Å². The molecule has 0 aromatic heterocycles. The molecule has 2 aromatic rings. The summed E-state index contributed by atoms with van der Waals surface area (Å²) in [4.78, 5) is 25.5. The van der Waals surface area contributed by atoms with E-state index < -0.39 is 35.3 Å². The van der Waals surface area contributed by atoms with Gasteiger partial charge in [0.25, 0.3) is 5.91 Å². The van der Waals surface area contributed by atoms with E-state index in [0.29, 0.717) is 6.42 Å². The van der Waals surface area contributed by atoms with E-state index in [0.717, 1.165) is 6.07 Å². The van der Waals surface area contributed by atoms with Crippen molar-refractivity contribution in [1.29, 1.82) is 0 Å². The van der Waals surface area contributed by atoms with Crippen LogP contribution in [0.15, 0.2) is 30.3 Å². The first-order chi connectivity index (χ1) is 14.8. The summed E-state index contributed by atoms with van der Waals surface area (Å²) >= 11 is 6.15. The molecule has 1 N–H and O–H groups in total. The van der Waals surface area contributed by atoms with Gasteiger partial charge in [-0.3, -0.25) is 4.79 Å². The smallest absolute Gasteiger partial charge is 0.408 e. The van der Waals surface area contributed by atoms with Crippen LogP contribution in [0, 0.1) is 11.6 Å². The number of nitrogens with zero attached hydrogens (tertiary/aromatic N) is 1. The van der Waals surface area contributed by atoms with Gasteiger partial charge in [0.1, 0.15) is 17.2 Å². The summed E-state index contributed by atoms with van der Waals surface area (Å²) in [7, 11) is 2.97. The monoisotopic (exact) mass is 468 g/mol. The predicted octanol–water partition coefficient (Wildman–Crippen LogP) is 6.09.